The minimum atomic E-state index is -0.247. The molecular formula is C22H27BrN2O3. The highest BCUT2D eigenvalue weighted by Crippen LogP contribution is 2.25. The fourth-order valence-corrected chi connectivity index (χ4v) is 2.86. The van der Waals surface area contributed by atoms with Crippen LogP contribution < -0.4 is 15.4 Å². The van der Waals surface area contributed by atoms with Crippen LogP contribution in [0.2, 0.25) is 0 Å². The van der Waals surface area contributed by atoms with Crippen LogP contribution >= 0.6 is 15.9 Å². The van der Waals surface area contributed by atoms with Crippen LogP contribution in [0.25, 0.3) is 0 Å². The third kappa shape index (κ3) is 7.00. The van der Waals surface area contributed by atoms with E-state index in [0.717, 1.165) is 17.3 Å². The Morgan fingerprint density at radius 1 is 1.04 bits per heavy atom. The number of hydrogen-bond donors (Lipinski definition) is 2. The van der Waals surface area contributed by atoms with Gasteiger partial charge in [-0.25, -0.2) is 0 Å². The Bertz CT molecular complexity index is 804. The molecule has 2 aromatic rings. The molecule has 2 rings (SSSR count). The predicted octanol–water partition coefficient (Wildman–Crippen LogP) is 5.86. The molecule has 0 radical (unpaired) electrons. The highest BCUT2D eigenvalue weighted by molar-refractivity contribution is 9.10. The van der Waals surface area contributed by atoms with E-state index in [4.69, 9.17) is 4.74 Å². The summed E-state index contributed by atoms with van der Waals surface area (Å²) >= 11 is 3.41. The van der Waals surface area contributed by atoms with Gasteiger partial charge in [0.2, 0.25) is 5.91 Å². The maximum Gasteiger partial charge on any atom is 0.259 e. The van der Waals surface area contributed by atoms with Gasteiger partial charge < -0.3 is 15.4 Å². The zero-order valence-electron chi connectivity index (χ0n) is 16.5. The van der Waals surface area contributed by atoms with Crippen LogP contribution in [0.15, 0.2) is 46.9 Å². The molecule has 0 aliphatic carbocycles. The normalized spacial score (nSPS) is 10.6. The standard InChI is InChI=1S/C22H27BrN2O3/c1-4-5-21(26)24-17-7-9-18(10-8-17)25-22(27)19-14-16(23)6-11-20(19)28-13-12-15(2)3/h6-11,14-15H,4-5,12-13H2,1-3H3,(H,24,26)(H,25,27). The number of nitrogens with one attached hydrogen (secondary N) is 2. The first-order chi connectivity index (χ1) is 13.4. The van der Waals surface area contributed by atoms with E-state index in [0.29, 0.717) is 41.6 Å². The van der Waals surface area contributed by atoms with Gasteiger partial charge in [-0.05, 0) is 61.2 Å². The third-order valence-corrected chi connectivity index (χ3v) is 4.54. The van der Waals surface area contributed by atoms with Gasteiger partial charge in [-0.3, -0.25) is 9.59 Å². The van der Waals surface area contributed by atoms with E-state index in [2.05, 4.69) is 40.4 Å². The van der Waals surface area contributed by atoms with E-state index >= 15 is 0 Å². The van der Waals surface area contributed by atoms with Crippen LogP contribution in [0.1, 0.15) is 50.4 Å². The molecule has 150 valence electrons. The van der Waals surface area contributed by atoms with Gasteiger partial charge >= 0.3 is 0 Å². The number of anilines is 2. The van der Waals surface area contributed by atoms with Crippen molar-refractivity contribution in [3.8, 4) is 5.75 Å². The smallest absolute Gasteiger partial charge is 0.259 e. The average Bonchev–Trinajstić information content (AvgIpc) is 2.64. The Kier molecular flexibility index (Phi) is 8.51. The van der Waals surface area contributed by atoms with Crippen molar-refractivity contribution in [1.82, 2.24) is 0 Å². The summed E-state index contributed by atoms with van der Waals surface area (Å²) in [4.78, 5) is 24.4. The Labute approximate surface area is 175 Å². The highest BCUT2D eigenvalue weighted by Gasteiger charge is 2.14. The molecule has 0 heterocycles. The Morgan fingerprint density at radius 2 is 1.68 bits per heavy atom. The first-order valence-corrected chi connectivity index (χ1v) is 10.3. The summed E-state index contributed by atoms with van der Waals surface area (Å²) < 4.78 is 6.63. The number of carbonyl (C=O) groups excluding carboxylic acids is 2. The van der Waals surface area contributed by atoms with Crippen molar-refractivity contribution in [2.75, 3.05) is 17.2 Å². The first-order valence-electron chi connectivity index (χ1n) is 9.52. The Hall–Kier alpha value is -2.34. The number of benzene rings is 2. The monoisotopic (exact) mass is 446 g/mol. The second-order valence-corrected chi connectivity index (χ2v) is 7.92. The van der Waals surface area contributed by atoms with Crippen LogP contribution in [0.5, 0.6) is 5.75 Å². The summed E-state index contributed by atoms with van der Waals surface area (Å²) in [6, 6.07) is 12.5. The van der Waals surface area contributed by atoms with Crippen LogP contribution in [0, 0.1) is 5.92 Å². The quantitative estimate of drug-likeness (QED) is 0.506. The summed E-state index contributed by atoms with van der Waals surface area (Å²) in [7, 11) is 0. The molecule has 5 nitrogen and oxygen atoms in total. The number of rotatable bonds is 9. The van der Waals surface area contributed by atoms with E-state index in [1.807, 2.05) is 13.0 Å². The van der Waals surface area contributed by atoms with Gasteiger partial charge in [-0.1, -0.05) is 36.7 Å². The topological polar surface area (TPSA) is 67.4 Å². The van der Waals surface area contributed by atoms with E-state index < -0.39 is 0 Å². The molecule has 0 aliphatic heterocycles. The average molecular weight is 447 g/mol. The van der Waals surface area contributed by atoms with Crippen molar-refractivity contribution in [2.45, 2.75) is 40.0 Å². The maximum absolute atomic E-state index is 12.8. The summed E-state index contributed by atoms with van der Waals surface area (Å²) in [5, 5.41) is 5.70. The highest BCUT2D eigenvalue weighted by atomic mass is 79.9. The largest absolute Gasteiger partial charge is 0.493 e. The molecule has 0 unspecified atom stereocenters. The number of halogens is 1. The van der Waals surface area contributed by atoms with Crippen molar-refractivity contribution in [2.24, 2.45) is 5.92 Å². The van der Waals surface area contributed by atoms with Crippen molar-refractivity contribution in [3.63, 3.8) is 0 Å². The fraction of sp³-hybridized carbons (Fsp3) is 0.364. The minimum absolute atomic E-state index is 0.0170. The van der Waals surface area contributed by atoms with E-state index in [9.17, 15) is 9.59 Å². The lowest BCUT2D eigenvalue weighted by Gasteiger charge is -2.13. The van der Waals surface area contributed by atoms with Gasteiger partial charge in [0.15, 0.2) is 0 Å². The summed E-state index contributed by atoms with van der Waals surface area (Å²) in [5.74, 6) is 0.828. The van der Waals surface area contributed by atoms with Gasteiger partial charge in [-0.2, -0.15) is 0 Å². The summed E-state index contributed by atoms with van der Waals surface area (Å²) in [5.41, 5.74) is 1.82. The molecule has 0 spiro atoms. The zero-order valence-corrected chi connectivity index (χ0v) is 18.1. The van der Waals surface area contributed by atoms with Crippen molar-refractivity contribution in [3.05, 3.63) is 52.5 Å². The molecule has 0 saturated heterocycles. The molecule has 0 fully saturated rings. The third-order valence-electron chi connectivity index (χ3n) is 4.04. The number of hydrogen-bond acceptors (Lipinski definition) is 3. The van der Waals surface area contributed by atoms with E-state index in [1.165, 1.54) is 0 Å². The van der Waals surface area contributed by atoms with Crippen LogP contribution in [0.3, 0.4) is 0 Å². The van der Waals surface area contributed by atoms with Crippen LogP contribution in [-0.4, -0.2) is 18.4 Å². The molecule has 28 heavy (non-hydrogen) atoms. The molecule has 0 saturated carbocycles. The molecule has 2 amide bonds. The molecule has 0 aliphatic rings. The van der Waals surface area contributed by atoms with Gasteiger partial charge in [0.05, 0.1) is 12.2 Å². The lowest BCUT2D eigenvalue weighted by molar-refractivity contribution is -0.116. The van der Waals surface area contributed by atoms with Gasteiger partial charge in [0.1, 0.15) is 5.75 Å². The second kappa shape index (κ2) is 10.9. The lowest BCUT2D eigenvalue weighted by Crippen LogP contribution is -2.15. The molecule has 0 bridgehead atoms. The Morgan fingerprint density at radius 3 is 2.29 bits per heavy atom. The molecular weight excluding hydrogens is 420 g/mol. The van der Waals surface area contributed by atoms with Crippen molar-refractivity contribution in [1.29, 1.82) is 0 Å². The second-order valence-electron chi connectivity index (χ2n) is 7.00. The molecule has 6 heteroatoms. The van der Waals surface area contributed by atoms with E-state index in [1.54, 1.807) is 36.4 Å². The summed E-state index contributed by atoms with van der Waals surface area (Å²) in [6.45, 7) is 6.78. The van der Waals surface area contributed by atoms with Crippen LogP contribution in [-0.2, 0) is 4.79 Å². The van der Waals surface area contributed by atoms with Gasteiger partial charge in [0.25, 0.3) is 5.91 Å². The zero-order chi connectivity index (χ0) is 20.5. The number of amides is 2. The SMILES string of the molecule is CCCC(=O)Nc1ccc(NC(=O)c2cc(Br)ccc2OCCC(C)C)cc1. The first kappa shape index (κ1) is 22.0. The molecule has 0 atom stereocenters. The fourth-order valence-electron chi connectivity index (χ4n) is 2.50. The molecule has 2 aromatic carbocycles. The number of ether oxygens (including phenoxy) is 1. The predicted molar refractivity (Wildman–Crippen MR) is 117 cm³/mol. The van der Waals surface area contributed by atoms with E-state index in [-0.39, 0.29) is 11.8 Å². The number of carbonyl (C=O) groups is 2. The lowest BCUT2D eigenvalue weighted by atomic mass is 10.1. The molecule has 2 N–H and O–H groups in total. The van der Waals surface area contributed by atoms with Gasteiger partial charge in [-0.15, -0.1) is 0 Å². The van der Waals surface area contributed by atoms with Gasteiger partial charge in [0, 0.05) is 22.3 Å². The van der Waals surface area contributed by atoms with Crippen molar-refractivity contribution < 1.29 is 14.3 Å². The maximum atomic E-state index is 12.8. The summed E-state index contributed by atoms with van der Waals surface area (Å²) in [6.07, 6.45) is 2.21. The van der Waals surface area contributed by atoms with Crippen molar-refractivity contribution >= 4 is 39.1 Å². The molecule has 0 aromatic heterocycles. The van der Waals surface area contributed by atoms with Crippen LogP contribution in [0.4, 0.5) is 11.4 Å². The Balaban J connectivity index is 2.05. The minimum Gasteiger partial charge on any atom is -0.493 e.